The number of piperidine rings is 1. The van der Waals surface area contributed by atoms with Crippen molar-refractivity contribution in [1.82, 2.24) is 15.6 Å². The number of hydrogen-bond donors (Lipinski definition) is 2. The van der Waals surface area contributed by atoms with Crippen LogP contribution in [-0.2, 0) is 12.3 Å². The van der Waals surface area contributed by atoms with Gasteiger partial charge in [0.25, 0.3) is 0 Å². The summed E-state index contributed by atoms with van der Waals surface area (Å²) in [7, 11) is 0. The third-order valence-corrected chi connectivity index (χ3v) is 5.89. The van der Waals surface area contributed by atoms with Gasteiger partial charge in [-0.3, -0.25) is 0 Å². The van der Waals surface area contributed by atoms with Gasteiger partial charge < -0.3 is 15.5 Å². The molecule has 2 N–H and O–H groups in total. The Labute approximate surface area is 172 Å². The molecule has 1 saturated heterocycles. The van der Waals surface area contributed by atoms with E-state index >= 15 is 0 Å². The molecule has 28 heavy (non-hydrogen) atoms. The third kappa shape index (κ3) is 6.75. The van der Waals surface area contributed by atoms with Crippen molar-refractivity contribution in [1.29, 1.82) is 0 Å². The maximum absolute atomic E-state index is 11.9. The summed E-state index contributed by atoms with van der Waals surface area (Å²) < 4.78 is 0. The summed E-state index contributed by atoms with van der Waals surface area (Å²) in [6.07, 6.45) is 5.67. The molecule has 3 rings (SSSR count). The van der Waals surface area contributed by atoms with E-state index < -0.39 is 0 Å². The van der Waals surface area contributed by atoms with Gasteiger partial charge in [0, 0.05) is 43.9 Å². The molecule has 5 nitrogen and oxygen atoms in total. The van der Waals surface area contributed by atoms with Crippen molar-refractivity contribution >= 4 is 23.6 Å². The lowest BCUT2D eigenvalue weighted by molar-refractivity contribution is 0.241. The number of amides is 2. The molecule has 0 bridgehead atoms. The number of hydrogen-bond acceptors (Lipinski definition) is 4. The van der Waals surface area contributed by atoms with E-state index in [1.807, 2.05) is 18.0 Å². The number of nitrogens with one attached hydrogen (secondary N) is 2. The van der Waals surface area contributed by atoms with Gasteiger partial charge in [-0.15, -0.1) is 0 Å². The number of carbonyl (C=O) groups excluding carboxylic acids is 1. The molecule has 0 spiro atoms. The number of rotatable bonds is 8. The van der Waals surface area contributed by atoms with Crippen LogP contribution in [0.4, 0.5) is 10.6 Å². The summed E-state index contributed by atoms with van der Waals surface area (Å²) in [5, 5.41) is 5.81. The minimum Gasteiger partial charge on any atom is -0.357 e. The van der Waals surface area contributed by atoms with Crippen LogP contribution in [0.2, 0.25) is 0 Å². The molecule has 0 radical (unpaired) electrons. The van der Waals surface area contributed by atoms with Gasteiger partial charge in [0.2, 0.25) is 0 Å². The summed E-state index contributed by atoms with van der Waals surface area (Å²) in [5.41, 5.74) is 3.62. The summed E-state index contributed by atoms with van der Waals surface area (Å²) in [4.78, 5) is 18.8. The largest absolute Gasteiger partial charge is 0.357 e. The Balaban J connectivity index is 1.29. The first-order valence-corrected chi connectivity index (χ1v) is 11.2. The van der Waals surface area contributed by atoms with E-state index in [2.05, 4.69) is 63.8 Å². The van der Waals surface area contributed by atoms with Gasteiger partial charge in [-0.2, -0.15) is 11.8 Å². The number of thioether (sulfide) groups is 1. The number of carbonyl (C=O) groups is 1. The molecule has 0 saturated carbocycles. The smallest absolute Gasteiger partial charge is 0.315 e. The predicted octanol–water partition coefficient (Wildman–Crippen LogP) is 4.11. The molecular formula is C22H30N4OS. The van der Waals surface area contributed by atoms with Crippen LogP contribution in [0.5, 0.6) is 0 Å². The van der Waals surface area contributed by atoms with Crippen molar-refractivity contribution < 1.29 is 4.79 Å². The normalized spacial score (nSPS) is 14.0. The lowest BCUT2D eigenvalue weighted by Gasteiger charge is -2.27. The molecule has 2 heterocycles. The van der Waals surface area contributed by atoms with Crippen molar-refractivity contribution in [2.45, 2.75) is 38.5 Å². The molecule has 0 atom stereocenters. The Morgan fingerprint density at radius 1 is 1.04 bits per heavy atom. The number of pyridine rings is 1. The molecule has 1 aliphatic rings. The van der Waals surface area contributed by atoms with Crippen LogP contribution < -0.4 is 15.5 Å². The zero-order valence-electron chi connectivity index (χ0n) is 16.6. The Hall–Kier alpha value is -2.21. The number of nitrogens with zero attached hydrogens (tertiary/aromatic N) is 2. The molecule has 0 aliphatic carbocycles. The van der Waals surface area contributed by atoms with E-state index in [9.17, 15) is 4.79 Å². The maximum Gasteiger partial charge on any atom is 0.315 e. The van der Waals surface area contributed by atoms with Gasteiger partial charge >= 0.3 is 6.03 Å². The maximum atomic E-state index is 11.9. The van der Waals surface area contributed by atoms with Crippen molar-refractivity contribution in [3.05, 3.63) is 59.3 Å². The molecular weight excluding hydrogens is 368 g/mol. The first-order valence-electron chi connectivity index (χ1n) is 10.1. The number of anilines is 1. The summed E-state index contributed by atoms with van der Waals surface area (Å²) in [6.45, 7) is 5.44. The summed E-state index contributed by atoms with van der Waals surface area (Å²) in [5.74, 6) is 2.91. The highest BCUT2D eigenvalue weighted by atomic mass is 32.2. The van der Waals surface area contributed by atoms with Gasteiger partial charge in [-0.1, -0.05) is 35.9 Å². The Morgan fingerprint density at radius 2 is 1.79 bits per heavy atom. The van der Waals surface area contributed by atoms with Gasteiger partial charge in [0.1, 0.15) is 5.82 Å². The Bertz CT molecular complexity index is 727. The van der Waals surface area contributed by atoms with E-state index in [0.717, 1.165) is 36.0 Å². The van der Waals surface area contributed by atoms with Crippen LogP contribution in [0.3, 0.4) is 0 Å². The number of benzene rings is 1. The average molecular weight is 399 g/mol. The first-order chi connectivity index (χ1) is 13.7. The Morgan fingerprint density at radius 3 is 2.50 bits per heavy atom. The zero-order valence-corrected chi connectivity index (χ0v) is 17.4. The highest BCUT2D eigenvalue weighted by Crippen LogP contribution is 2.17. The van der Waals surface area contributed by atoms with Crippen molar-refractivity contribution in [3.63, 3.8) is 0 Å². The van der Waals surface area contributed by atoms with E-state index in [-0.39, 0.29) is 6.03 Å². The minimum absolute atomic E-state index is 0.129. The predicted molar refractivity (Wildman–Crippen MR) is 118 cm³/mol. The molecule has 1 aromatic heterocycles. The topological polar surface area (TPSA) is 57.3 Å². The van der Waals surface area contributed by atoms with Gasteiger partial charge in [0.05, 0.1) is 0 Å². The quantitative estimate of drug-likeness (QED) is 0.657. The molecule has 1 aromatic carbocycles. The van der Waals surface area contributed by atoms with E-state index in [1.165, 1.54) is 30.4 Å². The van der Waals surface area contributed by atoms with Gasteiger partial charge in [-0.25, -0.2) is 9.78 Å². The van der Waals surface area contributed by atoms with Crippen LogP contribution in [0.15, 0.2) is 42.6 Å². The summed E-state index contributed by atoms with van der Waals surface area (Å²) in [6, 6.07) is 12.6. The van der Waals surface area contributed by atoms with Gasteiger partial charge in [0.15, 0.2) is 0 Å². The van der Waals surface area contributed by atoms with Crippen molar-refractivity contribution in [3.8, 4) is 0 Å². The minimum atomic E-state index is -0.129. The SMILES string of the molecule is Cc1ccc(CSCCNC(=O)NCc2ccc(N3CCCCC3)nc2)cc1. The number of aromatic nitrogens is 1. The fourth-order valence-electron chi connectivity index (χ4n) is 3.19. The fraction of sp³-hybridized carbons (Fsp3) is 0.455. The second-order valence-corrected chi connectivity index (χ2v) is 8.33. The highest BCUT2D eigenvalue weighted by Gasteiger charge is 2.11. The van der Waals surface area contributed by atoms with Crippen LogP contribution in [-0.4, -0.2) is 36.4 Å². The van der Waals surface area contributed by atoms with Crippen LogP contribution in [0.1, 0.15) is 36.0 Å². The molecule has 0 unspecified atom stereocenters. The number of urea groups is 1. The molecule has 150 valence electrons. The molecule has 2 amide bonds. The first kappa shape index (κ1) is 20.5. The van der Waals surface area contributed by atoms with E-state index in [0.29, 0.717) is 13.1 Å². The molecule has 2 aromatic rings. The van der Waals surface area contributed by atoms with E-state index in [1.54, 1.807) is 0 Å². The average Bonchev–Trinajstić information content (AvgIpc) is 2.74. The lowest BCUT2D eigenvalue weighted by Crippen LogP contribution is -2.36. The van der Waals surface area contributed by atoms with E-state index in [4.69, 9.17) is 0 Å². The summed E-state index contributed by atoms with van der Waals surface area (Å²) >= 11 is 1.83. The van der Waals surface area contributed by atoms with Crippen molar-refractivity contribution in [2.24, 2.45) is 0 Å². The molecule has 1 fully saturated rings. The second kappa shape index (κ2) is 11.0. The highest BCUT2D eigenvalue weighted by molar-refractivity contribution is 7.98. The van der Waals surface area contributed by atoms with Gasteiger partial charge in [-0.05, 0) is 43.4 Å². The molecule has 1 aliphatic heterocycles. The van der Waals surface area contributed by atoms with Crippen molar-refractivity contribution in [2.75, 3.05) is 30.3 Å². The Kier molecular flexibility index (Phi) is 8.03. The standard InChI is InChI=1S/C22H30N4OS/c1-18-5-7-19(8-6-18)17-28-14-11-23-22(27)25-16-20-9-10-21(24-15-20)26-12-3-2-4-13-26/h5-10,15H,2-4,11-14,16-17H2,1H3,(H2,23,25,27). The van der Waals surface area contributed by atoms with Crippen LogP contribution >= 0.6 is 11.8 Å². The monoisotopic (exact) mass is 398 g/mol. The second-order valence-electron chi connectivity index (χ2n) is 7.22. The van der Waals surface area contributed by atoms with Crippen LogP contribution in [0, 0.1) is 6.92 Å². The lowest BCUT2D eigenvalue weighted by atomic mass is 10.1. The zero-order chi connectivity index (χ0) is 19.6. The fourth-order valence-corrected chi connectivity index (χ4v) is 4.01. The molecule has 6 heteroatoms. The third-order valence-electron chi connectivity index (χ3n) is 4.86. The number of aryl methyl sites for hydroxylation is 1. The van der Waals surface area contributed by atoms with Crippen LogP contribution in [0.25, 0.3) is 0 Å².